The molecule has 3 nitrogen and oxygen atoms in total. The molecule has 10 rings (SSSR count). The van der Waals surface area contributed by atoms with E-state index in [4.69, 9.17) is 9.97 Å². The van der Waals surface area contributed by atoms with Crippen molar-refractivity contribution in [3.05, 3.63) is 176 Å². The molecule has 0 spiro atoms. The summed E-state index contributed by atoms with van der Waals surface area (Å²) >= 11 is 1.87. The molecule has 0 amide bonds. The van der Waals surface area contributed by atoms with E-state index in [1.54, 1.807) is 0 Å². The summed E-state index contributed by atoms with van der Waals surface area (Å²) in [5, 5.41) is 5.11. The number of thiophene rings is 1. The Morgan fingerprint density at radius 1 is 0.360 bits per heavy atom. The van der Waals surface area contributed by atoms with Gasteiger partial charge in [-0.25, -0.2) is 9.97 Å². The lowest BCUT2D eigenvalue weighted by molar-refractivity contribution is 1.17. The lowest BCUT2D eigenvalue weighted by Crippen LogP contribution is -1.97. The molecule has 0 radical (unpaired) electrons. The van der Waals surface area contributed by atoms with E-state index >= 15 is 0 Å². The van der Waals surface area contributed by atoms with Crippen LogP contribution in [-0.4, -0.2) is 14.5 Å². The number of rotatable bonds is 5. The zero-order valence-corrected chi connectivity index (χ0v) is 27.8. The Morgan fingerprint density at radius 3 is 1.66 bits per heavy atom. The predicted molar refractivity (Wildman–Crippen MR) is 211 cm³/mol. The van der Waals surface area contributed by atoms with E-state index in [1.165, 1.54) is 53.1 Å². The number of hydrogen-bond donors (Lipinski definition) is 0. The minimum absolute atomic E-state index is 0.717. The van der Waals surface area contributed by atoms with Gasteiger partial charge in [0.15, 0.2) is 5.82 Å². The summed E-state index contributed by atoms with van der Waals surface area (Å²) in [6, 6.07) is 62.5. The fraction of sp³-hybridized carbons (Fsp3) is 0. The van der Waals surface area contributed by atoms with Crippen LogP contribution in [0.3, 0.4) is 0 Å². The SMILES string of the molecule is c1ccc(-c2ccc3c(c2)c2cc4sc5ccccc5c4cc2n3-c2ccc(-c3cc(-c4ccccc4)nc(-c4ccccc4)n3)cc2)cc1. The zero-order chi connectivity index (χ0) is 33.0. The second-order valence-corrected chi connectivity index (χ2v) is 13.7. The Labute approximate surface area is 293 Å². The molecule has 0 unspecified atom stereocenters. The highest BCUT2D eigenvalue weighted by Gasteiger charge is 2.17. The summed E-state index contributed by atoms with van der Waals surface area (Å²) in [5.41, 5.74) is 10.8. The third-order valence-electron chi connectivity index (χ3n) is 9.62. The van der Waals surface area contributed by atoms with Crippen LogP contribution >= 0.6 is 11.3 Å². The van der Waals surface area contributed by atoms with Gasteiger partial charge in [0.2, 0.25) is 0 Å². The van der Waals surface area contributed by atoms with Gasteiger partial charge in [-0.15, -0.1) is 11.3 Å². The van der Waals surface area contributed by atoms with Gasteiger partial charge in [-0.2, -0.15) is 0 Å². The van der Waals surface area contributed by atoms with Crippen molar-refractivity contribution in [2.24, 2.45) is 0 Å². The van der Waals surface area contributed by atoms with Crippen LogP contribution in [0, 0.1) is 0 Å². The standard InChI is InChI=1S/C46H29N3S/c1-4-12-30(13-5-1)34-22-25-42-37(26-34)38-28-45-39(36-18-10-11-19-44(36)50-45)27-43(38)49(42)35-23-20-32(21-24-35)41-29-40(31-14-6-2-7-15-31)47-46(48-41)33-16-8-3-9-17-33/h1-29H. The summed E-state index contributed by atoms with van der Waals surface area (Å²) in [4.78, 5) is 10.1. The van der Waals surface area contributed by atoms with E-state index in [9.17, 15) is 0 Å². The number of aromatic nitrogens is 3. The second kappa shape index (κ2) is 11.7. The molecule has 0 bridgehead atoms. The Morgan fingerprint density at radius 2 is 0.940 bits per heavy atom. The number of fused-ring (bicyclic) bond motifs is 6. The molecule has 0 aliphatic rings. The van der Waals surface area contributed by atoms with Crippen LogP contribution in [0.5, 0.6) is 0 Å². The van der Waals surface area contributed by atoms with Crippen molar-refractivity contribution in [1.29, 1.82) is 0 Å². The quantitative estimate of drug-likeness (QED) is 0.185. The Hall–Kier alpha value is -6.36. The maximum Gasteiger partial charge on any atom is 0.160 e. The normalized spacial score (nSPS) is 11.6. The lowest BCUT2D eigenvalue weighted by Gasteiger charge is -2.12. The molecule has 234 valence electrons. The molecule has 0 fully saturated rings. The van der Waals surface area contributed by atoms with Gasteiger partial charge in [0.1, 0.15) is 0 Å². The molecule has 3 aromatic heterocycles. The Bertz CT molecular complexity index is 2780. The first kappa shape index (κ1) is 28.6. The molecule has 50 heavy (non-hydrogen) atoms. The van der Waals surface area contributed by atoms with Crippen molar-refractivity contribution in [3.63, 3.8) is 0 Å². The highest BCUT2D eigenvalue weighted by molar-refractivity contribution is 7.25. The first-order valence-electron chi connectivity index (χ1n) is 16.8. The van der Waals surface area contributed by atoms with Gasteiger partial charge in [-0.3, -0.25) is 0 Å². The van der Waals surface area contributed by atoms with Crippen LogP contribution in [0.25, 0.3) is 92.7 Å². The van der Waals surface area contributed by atoms with E-state index in [2.05, 4.69) is 156 Å². The highest BCUT2D eigenvalue weighted by atomic mass is 32.1. The Balaban J connectivity index is 1.16. The third-order valence-corrected chi connectivity index (χ3v) is 10.8. The fourth-order valence-corrected chi connectivity index (χ4v) is 8.30. The van der Waals surface area contributed by atoms with Crippen LogP contribution in [0.15, 0.2) is 176 Å². The number of benzene rings is 7. The summed E-state index contributed by atoms with van der Waals surface area (Å²) in [7, 11) is 0. The van der Waals surface area contributed by atoms with Gasteiger partial charge in [-0.1, -0.05) is 127 Å². The summed E-state index contributed by atoms with van der Waals surface area (Å²) in [5.74, 6) is 0.717. The molecule has 4 heteroatoms. The van der Waals surface area contributed by atoms with E-state index in [0.717, 1.165) is 39.6 Å². The van der Waals surface area contributed by atoms with Gasteiger partial charge < -0.3 is 4.57 Å². The highest BCUT2D eigenvalue weighted by Crippen LogP contribution is 2.42. The van der Waals surface area contributed by atoms with Crippen molar-refractivity contribution in [3.8, 4) is 50.7 Å². The average molecular weight is 656 g/mol. The maximum atomic E-state index is 5.07. The fourth-order valence-electron chi connectivity index (χ4n) is 7.18. The molecule has 0 N–H and O–H groups in total. The molecule has 7 aromatic carbocycles. The summed E-state index contributed by atoms with van der Waals surface area (Å²) in [6.07, 6.45) is 0. The van der Waals surface area contributed by atoms with Gasteiger partial charge in [0.05, 0.1) is 22.4 Å². The molecule has 10 aromatic rings. The molecule has 0 aliphatic carbocycles. The smallest absolute Gasteiger partial charge is 0.160 e. The monoisotopic (exact) mass is 655 g/mol. The van der Waals surface area contributed by atoms with Crippen molar-refractivity contribution in [2.45, 2.75) is 0 Å². The van der Waals surface area contributed by atoms with Crippen molar-refractivity contribution < 1.29 is 0 Å². The molecule has 0 atom stereocenters. The summed E-state index contributed by atoms with van der Waals surface area (Å²) in [6.45, 7) is 0. The van der Waals surface area contributed by atoms with Gasteiger partial charge >= 0.3 is 0 Å². The largest absolute Gasteiger partial charge is 0.309 e. The van der Waals surface area contributed by atoms with Gasteiger partial charge in [0, 0.05) is 53.3 Å². The van der Waals surface area contributed by atoms with Crippen molar-refractivity contribution >= 4 is 53.3 Å². The molecule has 0 saturated heterocycles. The van der Waals surface area contributed by atoms with Gasteiger partial charge in [-0.05, 0) is 59.7 Å². The zero-order valence-electron chi connectivity index (χ0n) is 27.0. The van der Waals surface area contributed by atoms with E-state index in [0.29, 0.717) is 0 Å². The van der Waals surface area contributed by atoms with Crippen LogP contribution in [0.2, 0.25) is 0 Å². The van der Waals surface area contributed by atoms with Crippen molar-refractivity contribution in [1.82, 2.24) is 14.5 Å². The topological polar surface area (TPSA) is 30.7 Å². The first-order valence-corrected chi connectivity index (χ1v) is 17.6. The minimum atomic E-state index is 0.717. The molecule has 0 saturated carbocycles. The molecular formula is C46H29N3S. The van der Waals surface area contributed by atoms with Gasteiger partial charge in [0.25, 0.3) is 0 Å². The number of nitrogens with zero attached hydrogens (tertiary/aromatic N) is 3. The maximum absolute atomic E-state index is 5.07. The van der Waals surface area contributed by atoms with Crippen molar-refractivity contribution in [2.75, 3.05) is 0 Å². The number of hydrogen-bond acceptors (Lipinski definition) is 3. The minimum Gasteiger partial charge on any atom is -0.309 e. The average Bonchev–Trinajstić information content (AvgIpc) is 3.72. The predicted octanol–water partition coefficient (Wildman–Crippen LogP) is 12.6. The molecule has 0 aliphatic heterocycles. The van der Waals surface area contributed by atoms with Crippen LogP contribution in [0.1, 0.15) is 0 Å². The lowest BCUT2D eigenvalue weighted by atomic mass is 10.0. The third kappa shape index (κ3) is 4.80. The summed E-state index contributed by atoms with van der Waals surface area (Å²) < 4.78 is 5.04. The van der Waals surface area contributed by atoms with Crippen LogP contribution < -0.4 is 0 Å². The van der Waals surface area contributed by atoms with Crippen LogP contribution in [0.4, 0.5) is 0 Å². The second-order valence-electron chi connectivity index (χ2n) is 12.6. The molecular weight excluding hydrogens is 627 g/mol. The van der Waals surface area contributed by atoms with E-state index in [1.807, 2.05) is 35.6 Å². The van der Waals surface area contributed by atoms with Crippen LogP contribution in [-0.2, 0) is 0 Å². The first-order chi connectivity index (χ1) is 24.8. The Kier molecular flexibility index (Phi) is 6.68. The molecule has 3 heterocycles. The van der Waals surface area contributed by atoms with E-state index in [-0.39, 0.29) is 0 Å². The van der Waals surface area contributed by atoms with E-state index < -0.39 is 0 Å².